The van der Waals surface area contributed by atoms with Crippen LogP contribution in [0.5, 0.6) is 5.75 Å². The van der Waals surface area contributed by atoms with E-state index in [0.717, 1.165) is 21.4 Å². The second kappa shape index (κ2) is 8.65. The summed E-state index contributed by atoms with van der Waals surface area (Å²) >= 11 is 3.52. The van der Waals surface area contributed by atoms with Gasteiger partial charge in [-0.05, 0) is 36.8 Å². The lowest BCUT2D eigenvalue weighted by atomic mass is 10.2. The van der Waals surface area contributed by atoms with Gasteiger partial charge in [0.15, 0.2) is 0 Å². The van der Waals surface area contributed by atoms with E-state index >= 15 is 0 Å². The van der Waals surface area contributed by atoms with E-state index in [1.807, 2.05) is 31.2 Å². The Morgan fingerprint density at radius 2 is 2.04 bits per heavy atom. The highest BCUT2D eigenvalue weighted by molar-refractivity contribution is 9.10. The third-order valence-electron chi connectivity index (χ3n) is 3.40. The van der Waals surface area contributed by atoms with E-state index in [0.29, 0.717) is 30.5 Å². The first-order valence-corrected chi connectivity index (χ1v) is 8.26. The Hall–Kier alpha value is -2.12. The van der Waals surface area contributed by atoms with Crippen LogP contribution in [-0.4, -0.2) is 38.6 Å². The molecule has 24 heavy (non-hydrogen) atoms. The number of hydrogen-bond acceptors (Lipinski definition) is 6. The van der Waals surface area contributed by atoms with Gasteiger partial charge < -0.3 is 25.5 Å². The van der Waals surface area contributed by atoms with Crippen molar-refractivity contribution in [3.05, 3.63) is 40.0 Å². The number of aromatic nitrogens is 1. The van der Waals surface area contributed by atoms with Crippen LogP contribution in [0.2, 0.25) is 0 Å². The van der Waals surface area contributed by atoms with Crippen molar-refractivity contribution in [2.45, 2.75) is 6.92 Å². The van der Waals surface area contributed by atoms with Gasteiger partial charge in [-0.15, -0.1) is 0 Å². The zero-order valence-corrected chi connectivity index (χ0v) is 15.5. The number of pyridine rings is 1. The number of benzene rings is 1. The van der Waals surface area contributed by atoms with Crippen LogP contribution in [0.3, 0.4) is 0 Å². The van der Waals surface area contributed by atoms with Crippen molar-refractivity contribution in [3.8, 4) is 5.75 Å². The molecule has 6 nitrogen and oxygen atoms in total. The normalized spacial score (nSPS) is 10.3. The Morgan fingerprint density at radius 3 is 2.71 bits per heavy atom. The first kappa shape index (κ1) is 18.2. The van der Waals surface area contributed by atoms with E-state index in [1.54, 1.807) is 14.2 Å². The van der Waals surface area contributed by atoms with E-state index in [-0.39, 0.29) is 0 Å². The first-order valence-electron chi connectivity index (χ1n) is 7.47. The molecule has 7 heteroatoms. The van der Waals surface area contributed by atoms with Crippen molar-refractivity contribution in [2.24, 2.45) is 0 Å². The lowest BCUT2D eigenvalue weighted by molar-refractivity contribution is 0.146. The molecule has 0 unspecified atom stereocenters. The van der Waals surface area contributed by atoms with Crippen LogP contribution in [-0.2, 0) is 4.74 Å². The topological polar surface area (TPSA) is 79.3 Å². The SMILES string of the molecule is CNc1ccc(Nc2cc(C)c(Br)cc2OCCOC)nc1C=N. The van der Waals surface area contributed by atoms with E-state index in [9.17, 15) is 0 Å². The third-order valence-corrected chi connectivity index (χ3v) is 4.25. The lowest BCUT2D eigenvalue weighted by Crippen LogP contribution is -2.07. The van der Waals surface area contributed by atoms with Crippen LogP contribution in [0.15, 0.2) is 28.7 Å². The Bertz CT molecular complexity index is 722. The summed E-state index contributed by atoms with van der Waals surface area (Å²) in [5.74, 6) is 1.35. The van der Waals surface area contributed by atoms with Crippen molar-refractivity contribution in [2.75, 3.05) is 38.0 Å². The summed E-state index contributed by atoms with van der Waals surface area (Å²) in [6.45, 7) is 2.98. The molecule has 0 saturated heterocycles. The van der Waals surface area contributed by atoms with Crippen LogP contribution in [0.25, 0.3) is 0 Å². The van der Waals surface area contributed by atoms with Gasteiger partial charge in [0.05, 0.1) is 18.0 Å². The van der Waals surface area contributed by atoms with Crippen molar-refractivity contribution in [1.82, 2.24) is 4.98 Å². The zero-order chi connectivity index (χ0) is 17.5. The second-order valence-corrected chi connectivity index (χ2v) is 5.94. The van der Waals surface area contributed by atoms with Crippen LogP contribution >= 0.6 is 15.9 Å². The largest absolute Gasteiger partial charge is 0.489 e. The standard InChI is InChI=1S/C17H21BrN4O2/c1-11-8-14(16(9-12(11)18)24-7-6-23-3)21-17-5-4-13(20-2)15(10-19)22-17/h4-5,8-10,19-20H,6-7H2,1-3H3,(H,21,22). The van der Waals surface area contributed by atoms with Gasteiger partial charge in [-0.2, -0.15) is 0 Å². The van der Waals surface area contributed by atoms with E-state index in [2.05, 4.69) is 31.5 Å². The molecule has 2 aromatic rings. The molecular formula is C17H21BrN4O2. The van der Waals surface area contributed by atoms with Gasteiger partial charge in [-0.25, -0.2) is 4.98 Å². The number of nitrogens with zero attached hydrogens (tertiary/aromatic N) is 1. The van der Waals surface area contributed by atoms with Gasteiger partial charge >= 0.3 is 0 Å². The number of methoxy groups -OCH3 is 1. The average Bonchev–Trinajstić information content (AvgIpc) is 2.59. The van der Waals surface area contributed by atoms with E-state index in [4.69, 9.17) is 14.9 Å². The molecule has 0 aliphatic rings. The van der Waals surface area contributed by atoms with Crippen LogP contribution in [0, 0.1) is 12.3 Å². The maximum atomic E-state index is 7.48. The Balaban J connectivity index is 2.30. The van der Waals surface area contributed by atoms with Crippen molar-refractivity contribution in [3.63, 3.8) is 0 Å². The molecule has 0 saturated carbocycles. The Labute approximate surface area is 150 Å². The molecule has 1 aromatic carbocycles. The second-order valence-electron chi connectivity index (χ2n) is 5.09. The highest BCUT2D eigenvalue weighted by Crippen LogP contribution is 2.33. The highest BCUT2D eigenvalue weighted by Gasteiger charge is 2.10. The summed E-state index contributed by atoms with van der Waals surface area (Å²) in [7, 11) is 3.44. The number of aryl methyl sites for hydroxylation is 1. The van der Waals surface area contributed by atoms with Gasteiger partial charge in [0.1, 0.15) is 23.9 Å². The molecule has 1 aromatic heterocycles. The van der Waals surface area contributed by atoms with Gasteiger partial charge in [0.25, 0.3) is 0 Å². The minimum atomic E-state index is 0.457. The van der Waals surface area contributed by atoms with E-state index < -0.39 is 0 Å². The Kier molecular flexibility index (Phi) is 6.57. The van der Waals surface area contributed by atoms with Gasteiger partial charge in [0, 0.05) is 24.8 Å². The fraction of sp³-hybridized carbons (Fsp3) is 0.294. The molecule has 0 spiro atoms. The molecular weight excluding hydrogens is 372 g/mol. The molecule has 0 aliphatic carbocycles. The molecule has 2 rings (SSSR count). The van der Waals surface area contributed by atoms with Crippen molar-refractivity contribution in [1.29, 1.82) is 5.41 Å². The highest BCUT2D eigenvalue weighted by atomic mass is 79.9. The fourth-order valence-corrected chi connectivity index (χ4v) is 2.44. The van der Waals surface area contributed by atoms with Gasteiger partial charge in [-0.3, -0.25) is 0 Å². The summed E-state index contributed by atoms with van der Waals surface area (Å²) in [4.78, 5) is 4.44. The van der Waals surface area contributed by atoms with Crippen LogP contribution in [0.4, 0.5) is 17.2 Å². The van der Waals surface area contributed by atoms with Crippen molar-refractivity contribution >= 4 is 39.3 Å². The van der Waals surface area contributed by atoms with Crippen molar-refractivity contribution < 1.29 is 9.47 Å². The monoisotopic (exact) mass is 392 g/mol. The number of halogens is 1. The summed E-state index contributed by atoms with van der Waals surface area (Å²) in [6, 6.07) is 7.65. The number of anilines is 3. The van der Waals surface area contributed by atoms with Crippen LogP contribution < -0.4 is 15.4 Å². The van der Waals surface area contributed by atoms with Crippen LogP contribution in [0.1, 0.15) is 11.3 Å². The Morgan fingerprint density at radius 1 is 1.25 bits per heavy atom. The van der Waals surface area contributed by atoms with E-state index in [1.165, 1.54) is 6.21 Å². The lowest BCUT2D eigenvalue weighted by Gasteiger charge is -2.15. The third kappa shape index (κ3) is 4.46. The maximum Gasteiger partial charge on any atom is 0.144 e. The van der Waals surface area contributed by atoms with Gasteiger partial charge in [-0.1, -0.05) is 15.9 Å². The summed E-state index contributed by atoms with van der Waals surface area (Å²) in [5, 5.41) is 13.8. The molecule has 1 heterocycles. The number of rotatable bonds is 8. The average molecular weight is 393 g/mol. The number of ether oxygens (including phenoxy) is 2. The maximum absolute atomic E-state index is 7.48. The zero-order valence-electron chi connectivity index (χ0n) is 13.9. The smallest absolute Gasteiger partial charge is 0.144 e. The number of nitrogens with one attached hydrogen (secondary N) is 3. The fourth-order valence-electron chi connectivity index (χ4n) is 2.12. The predicted octanol–water partition coefficient (Wildman–Crippen LogP) is 3.96. The molecule has 0 radical (unpaired) electrons. The predicted molar refractivity (Wildman–Crippen MR) is 101 cm³/mol. The minimum absolute atomic E-state index is 0.457. The molecule has 0 atom stereocenters. The summed E-state index contributed by atoms with van der Waals surface area (Å²) in [6.07, 6.45) is 1.22. The molecule has 0 amide bonds. The number of hydrogen-bond donors (Lipinski definition) is 3. The molecule has 3 N–H and O–H groups in total. The molecule has 0 fully saturated rings. The summed E-state index contributed by atoms with van der Waals surface area (Å²) in [5.41, 5.74) is 3.26. The first-order chi connectivity index (χ1) is 11.6. The quantitative estimate of drug-likeness (QED) is 0.467. The molecule has 128 valence electrons. The minimum Gasteiger partial charge on any atom is -0.489 e. The molecule has 0 aliphatic heterocycles. The molecule has 0 bridgehead atoms. The van der Waals surface area contributed by atoms with Gasteiger partial charge in [0.2, 0.25) is 0 Å². The summed E-state index contributed by atoms with van der Waals surface area (Å²) < 4.78 is 11.8.